The molecular formula is C23H26ClN5O2. The normalized spacial score (nSPS) is 13.0. The Labute approximate surface area is 185 Å². The highest BCUT2D eigenvalue weighted by Crippen LogP contribution is 2.33. The second-order valence-electron chi connectivity index (χ2n) is 7.44. The van der Waals surface area contributed by atoms with Gasteiger partial charge in [0.05, 0.1) is 23.1 Å². The highest BCUT2D eigenvalue weighted by atomic mass is 35.5. The molecule has 1 aromatic carbocycles. The molecule has 5 rings (SSSR count). The Bertz CT molecular complexity index is 1340. The molecule has 0 saturated carbocycles. The van der Waals surface area contributed by atoms with Gasteiger partial charge in [0.2, 0.25) is 5.88 Å². The summed E-state index contributed by atoms with van der Waals surface area (Å²) in [5, 5.41) is 1.10. The van der Waals surface area contributed by atoms with Crippen LogP contribution in [0.5, 0.6) is 5.88 Å². The first kappa shape index (κ1) is 21.2. The van der Waals surface area contributed by atoms with Crippen molar-refractivity contribution in [1.29, 1.82) is 0 Å². The molecule has 8 heteroatoms. The van der Waals surface area contributed by atoms with Crippen LogP contribution in [0, 0.1) is 13.8 Å². The van der Waals surface area contributed by atoms with Crippen LogP contribution in [0.3, 0.4) is 0 Å². The SMILES string of the molecule is CC.Cc1cc(CN2CCOc3nc(Cl)ccc32)c2c(c1)c(=O)n(C)c1c(C)ncn21. The van der Waals surface area contributed by atoms with Gasteiger partial charge in [0.15, 0.2) is 0 Å². The van der Waals surface area contributed by atoms with Gasteiger partial charge in [0.1, 0.15) is 29.4 Å². The molecule has 4 aromatic rings. The van der Waals surface area contributed by atoms with Crippen molar-refractivity contribution >= 4 is 33.8 Å². The molecule has 0 N–H and O–H groups in total. The van der Waals surface area contributed by atoms with E-state index in [0.29, 0.717) is 29.6 Å². The number of hydrogen-bond donors (Lipinski definition) is 0. The predicted octanol–water partition coefficient (Wildman–Crippen LogP) is 4.28. The zero-order chi connectivity index (χ0) is 22.3. The molecule has 7 nitrogen and oxygen atoms in total. The largest absolute Gasteiger partial charge is 0.474 e. The number of benzene rings is 1. The first-order chi connectivity index (χ1) is 14.9. The van der Waals surface area contributed by atoms with E-state index in [1.54, 1.807) is 24.0 Å². The summed E-state index contributed by atoms with van der Waals surface area (Å²) in [6.07, 6.45) is 1.79. The number of nitrogens with zero attached hydrogens (tertiary/aromatic N) is 5. The zero-order valence-corrected chi connectivity index (χ0v) is 19.2. The lowest BCUT2D eigenvalue weighted by Crippen LogP contribution is -2.33. The summed E-state index contributed by atoms with van der Waals surface area (Å²) >= 11 is 6.03. The lowest BCUT2D eigenvalue weighted by Gasteiger charge is -2.31. The van der Waals surface area contributed by atoms with Crippen LogP contribution in [0.15, 0.2) is 35.4 Å². The highest BCUT2D eigenvalue weighted by Gasteiger charge is 2.22. The van der Waals surface area contributed by atoms with E-state index in [9.17, 15) is 4.79 Å². The Balaban J connectivity index is 0.00000112. The Morgan fingerprint density at radius 3 is 2.74 bits per heavy atom. The maximum absolute atomic E-state index is 13.1. The Morgan fingerprint density at radius 2 is 1.97 bits per heavy atom. The number of aromatic nitrogens is 4. The molecule has 31 heavy (non-hydrogen) atoms. The smallest absolute Gasteiger partial charge is 0.261 e. The van der Waals surface area contributed by atoms with Crippen LogP contribution in [0.2, 0.25) is 5.15 Å². The number of aryl methyl sites for hydroxylation is 3. The molecule has 0 amide bonds. The van der Waals surface area contributed by atoms with Crippen molar-refractivity contribution in [2.45, 2.75) is 34.2 Å². The maximum Gasteiger partial charge on any atom is 0.261 e. The number of pyridine rings is 1. The van der Waals surface area contributed by atoms with Crippen molar-refractivity contribution in [2.24, 2.45) is 7.05 Å². The lowest BCUT2D eigenvalue weighted by atomic mass is 10.1. The van der Waals surface area contributed by atoms with E-state index in [0.717, 1.165) is 40.2 Å². The highest BCUT2D eigenvalue weighted by molar-refractivity contribution is 6.29. The Morgan fingerprint density at radius 1 is 1.19 bits per heavy atom. The third-order valence-corrected chi connectivity index (χ3v) is 5.66. The van der Waals surface area contributed by atoms with Gasteiger partial charge in [-0.3, -0.25) is 13.8 Å². The van der Waals surface area contributed by atoms with Gasteiger partial charge in [-0.05, 0) is 43.2 Å². The summed E-state index contributed by atoms with van der Waals surface area (Å²) in [5.74, 6) is 0.542. The molecule has 4 heterocycles. The number of anilines is 1. The topological polar surface area (TPSA) is 64.7 Å². The molecule has 0 radical (unpaired) electrons. The van der Waals surface area contributed by atoms with Crippen molar-refractivity contribution in [3.63, 3.8) is 0 Å². The summed E-state index contributed by atoms with van der Waals surface area (Å²) in [5.41, 5.74) is 5.52. The van der Waals surface area contributed by atoms with Crippen molar-refractivity contribution in [2.75, 3.05) is 18.1 Å². The van der Waals surface area contributed by atoms with Crippen LogP contribution in [-0.2, 0) is 13.6 Å². The van der Waals surface area contributed by atoms with E-state index < -0.39 is 0 Å². The molecule has 1 aliphatic heterocycles. The quantitative estimate of drug-likeness (QED) is 0.436. The van der Waals surface area contributed by atoms with Gasteiger partial charge in [0.25, 0.3) is 5.56 Å². The zero-order valence-electron chi connectivity index (χ0n) is 18.4. The van der Waals surface area contributed by atoms with E-state index in [1.807, 2.05) is 44.2 Å². The molecular weight excluding hydrogens is 414 g/mol. The van der Waals surface area contributed by atoms with Gasteiger partial charge in [-0.15, -0.1) is 0 Å². The molecule has 0 saturated heterocycles. The number of fused-ring (bicyclic) bond motifs is 4. The van der Waals surface area contributed by atoms with Crippen molar-refractivity contribution in [3.05, 3.63) is 62.9 Å². The first-order valence-corrected chi connectivity index (χ1v) is 10.8. The van der Waals surface area contributed by atoms with E-state index in [-0.39, 0.29) is 5.56 Å². The number of halogens is 1. The van der Waals surface area contributed by atoms with Crippen molar-refractivity contribution < 1.29 is 4.74 Å². The third kappa shape index (κ3) is 3.53. The van der Waals surface area contributed by atoms with Crippen LogP contribution in [0.25, 0.3) is 16.6 Å². The molecule has 0 spiro atoms. The number of hydrogen-bond acceptors (Lipinski definition) is 5. The first-order valence-electron chi connectivity index (χ1n) is 10.4. The fraction of sp³-hybridized carbons (Fsp3) is 0.348. The van der Waals surface area contributed by atoms with Crippen LogP contribution >= 0.6 is 11.6 Å². The number of imidazole rings is 1. The standard InChI is InChI=1S/C21H20ClN5O2.C2H6/c1-12-8-14(10-26-6-7-29-19-16(26)4-5-17(22)24-19)18-15(9-12)21(28)25(3)20-13(2)23-11-27(18)20;1-2/h4-5,8-9,11H,6-7,10H2,1-3H3;1-2H3. The van der Waals surface area contributed by atoms with Crippen LogP contribution in [-0.4, -0.2) is 32.1 Å². The van der Waals surface area contributed by atoms with Crippen LogP contribution in [0.4, 0.5) is 5.69 Å². The molecule has 0 unspecified atom stereocenters. The van der Waals surface area contributed by atoms with Crippen molar-refractivity contribution in [1.82, 2.24) is 18.9 Å². The predicted molar refractivity (Wildman–Crippen MR) is 125 cm³/mol. The Hall–Kier alpha value is -3.06. The molecule has 162 valence electrons. The molecule has 3 aromatic heterocycles. The monoisotopic (exact) mass is 439 g/mol. The van der Waals surface area contributed by atoms with Crippen LogP contribution in [0.1, 0.15) is 30.7 Å². The van der Waals surface area contributed by atoms with Gasteiger partial charge in [-0.25, -0.2) is 4.98 Å². The van der Waals surface area contributed by atoms with Gasteiger partial charge < -0.3 is 9.64 Å². The summed E-state index contributed by atoms with van der Waals surface area (Å²) in [6.45, 7) is 9.81. The minimum Gasteiger partial charge on any atom is -0.474 e. The van der Waals surface area contributed by atoms with E-state index >= 15 is 0 Å². The van der Waals surface area contributed by atoms with Crippen molar-refractivity contribution in [3.8, 4) is 5.88 Å². The average molecular weight is 440 g/mol. The summed E-state index contributed by atoms with van der Waals surface area (Å²) in [4.78, 5) is 24.0. The second-order valence-corrected chi connectivity index (χ2v) is 7.82. The second kappa shape index (κ2) is 8.23. The molecule has 0 bridgehead atoms. The van der Waals surface area contributed by atoms with Crippen LogP contribution < -0.4 is 15.2 Å². The van der Waals surface area contributed by atoms with Gasteiger partial charge in [-0.2, -0.15) is 4.98 Å². The summed E-state index contributed by atoms with van der Waals surface area (Å²) < 4.78 is 9.37. The Kier molecular flexibility index (Phi) is 5.62. The molecule has 0 aliphatic carbocycles. The maximum atomic E-state index is 13.1. The number of ether oxygens (including phenoxy) is 1. The van der Waals surface area contributed by atoms with E-state index in [2.05, 4.69) is 20.9 Å². The molecule has 0 atom stereocenters. The lowest BCUT2D eigenvalue weighted by molar-refractivity contribution is 0.295. The van der Waals surface area contributed by atoms with Gasteiger partial charge in [-0.1, -0.05) is 31.5 Å². The number of rotatable bonds is 2. The molecule has 0 fully saturated rings. The van der Waals surface area contributed by atoms with Gasteiger partial charge >= 0.3 is 0 Å². The fourth-order valence-corrected chi connectivity index (χ4v) is 4.34. The molecule has 1 aliphatic rings. The fourth-order valence-electron chi connectivity index (χ4n) is 4.20. The summed E-state index contributed by atoms with van der Waals surface area (Å²) in [6, 6.07) is 7.78. The minimum atomic E-state index is -0.0168. The minimum absolute atomic E-state index is 0.0168. The third-order valence-electron chi connectivity index (χ3n) is 5.45. The van der Waals surface area contributed by atoms with E-state index in [4.69, 9.17) is 16.3 Å². The average Bonchev–Trinajstić information content (AvgIpc) is 3.14. The van der Waals surface area contributed by atoms with Gasteiger partial charge in [0, 0.05) is 13.6 Å². The van der Waals surface area contributed by atoms with E-state index in [1.165, 1.54) is 0 Å². The summed E-state index contributed by atoms with van der Waals surface area (Å²) in [7, 11) is 1.79.